The Hall–Kier alpha value is -4.61. The quantitative estimate of drug-likeness (QED) is 0.287. The molecule has 12 nitrogen and oxygen atoms in total. The first-order chi connectivity index (χ1) is 14.1. The smallest absolute Gasteiger partial charge is 0.348 e. The number of carboxylic acids is 2. The molecule has 0 atom stereocenters. The number of hydrogen-bond acceptors (Lipinski definition) is 9. The lowest BCUT2D eigenvalue weighted by Crippen LogP contribution is -2.15. The number of aromatic hydroxyl groups is 4. The van der Waals surface area contributed by atoms with Crippen LogP contribution in [-0.4, -0.2) is 57.5 Å². The number of carbonyl (C=O) groups is 2. The number of nitrogens with zero attached hydrogens (tertiary/aromatic N) is 2. The molecule has 0 saturated heterocycles. The number of carboxylic acid groups (broad SMARTS) is 2. The van der Waals surface area contributed by atoms with Crippen molar-refractivity contribution in [2.24, 2.45) is 0 Å². The van der Waals surface area contributed by atoms with Gasteiger partial charge in [0.05, 0.1) is 17.5 Å². The number of nitrogens with one attached hydrogen (secondary N) is 1. The minimum atomic E-state index is -1.56. The van der Waals surface area contributed by atoms with Gasteiger partial charge in [-0.05, 0) is 24.3 Å². The van der Waals surface area contributed by atoms with Crippen molar-refractivity contribution in [3.63, 3.8) is 0 Å². The van der Waals surface area contributed by atoms with Gasteiger partial charge >= 0.3 is 17.6 Å². The van der Waals surface area contributed by atoms with Crippen molar-refractivity contribution in [3.8, 4) is 45.8 Å². The van der Waals surface area contributed by atoms with Gasteiger partial charge in [0, 0.05) is 5.56 Å². The molecule has 0 saturated carbocycles. The molecule has 0 spiro atoms. The zero-order valence-electron chi connectivity index (χ0n) is 14.8. The van der Waals surface area contributed by atoms with Gasteiger partial charge in [0.2, 0.25) is 0 Å². The zero-order valence-corrected chi connectivity index (χ0v) is 14.8. The lowest BCUT2D eigenvalue weighted by atomic mass is 10.0. The molecule has 0 radical (unpaired) electrons. The highest BCUT2D eigenvalue weighted by atomic mass is 16.4. The van der Waals surface area contributed by atoms with Crippen molar-refractivity contribution in [1.29, 1.82) is 0 Å². The minimum Gasteiger partial charge on any atom is -0.508 e. The summed E-state index contributed by atoms with van der Waals surface area (Å²) >= 11 is 0. The second kappa shape index (κ2) is 7.43. The molecule has 12 heteroatoms. The molecule has 0 fully saturated rings. The average molecular weight is 415 g/mol. The van der Waals surface area contributed by atoms with E-state index in [1.54, 1.807) is 0 Å². The van der Waals surface area contributed by atoms with Crippen LogP contribution in [0.15, 0.2) is 29.1 Å². The van der Waals surface area contributed by atoms with Crippen LogP contribution in [0.25, 0.3) is 22.8 Å². The average Bonchev–Trinajstić information content (AvgIpc) is 2.64. The molecule has 0 aliphatic rings. The SMILES string of the molecule is O=C(O)Cc1cc(O)cc(-c2nc(-c3cc(O)cc(C(=O)O)c3O)nc(=O)[nH]2)c1O. The van der Waals surface area contributed by atoms with E-state index in [-0.39, 0.29) is 22.5 Å². The summed E-state index contributed by atoms with van der Waals surface area (Å²) in [6.07, 6.45) is -0.634. The highest BCUT2D eigenvalue weighted by Gasteiger charge is 2.21. The molecule has 154 valence electrons. The Bertz CT molecular complexity index is 1250. The van der Waals surface area contributed by atoms with Gasteiger partial charge in [-0.3, -0.25) is 9.78 Å². The predicted octanol–water partition coefficient (Wildman–Crippen LogP) is 0.647. The third-order valence-corrected chi connectivity index (χ3v) is 3.99. The van der Waals surface area contributed by atoms with Crippen molar-refractivity contribution >= 4 is 11.9 Å². The van der Waals surface area contributed by atoms with E-state index in [0.29, 0.717) is 0 Å². The van der Waals surface area contributed by atoms with Gasteiger partial charge in [-0.15, -0.1) is 0 Å². The van der Waals surface area contributed by atoms with Crippen LogP contribution in [0.4, 0.5) is 0 Å². The maximum Gasteiger partial charge on any atom is 0.348 e. The fourth-order valence-electron chi connectivity index (χ4n) is 2.74. The monoisotopic (exact) mass is 415 g/mol. The maximum atomic E-state index is 12.0. The van der Waals surface area contributed by atoms with E-state index in [4.69, 9.17) is 10.2 Å². The summed E-state index contributed by atoms with van der Waals surface area (Å²) in [5, 5.41) is 58.2. The largest absolute Gasteiger partial charge is 0.508 e. The minimum absolute atomic E-state index is 0.160. The standard InChI is InChI=1S/C18H13N3O9/c22-7-1-6(2-12(24)25)13(26)9(3-7)15-19-16(21-18(30)20-15)10-4-8(23)5-11(14(10)27)17(28)29/h1,3-5,22-23,26-27H,2H2,(H,24,25)(H,28,29)(H,19,20,21,30). The molecule has 3 aromatic rings. The number of phenols is 4. The van der Waals surface area contributed by atoms with Crippen LogP contribution >= 0.6 is 0 Å². The predicted molar refractivity (Wildman–Crippen MR) is 98.5 cm³/mol. The van der Waals surface area contributed by atoms with Crippen LogP contribution in [0.1, 0.15) is 15.9 Å². The molecular formula is C18H13N3O9. The Balaban J connectivity index is 2.24. The van der Waals surface area contributed by atoms with E-state index in [0.717, 1.165) is 24.3 Å². The van der Waals surface area contributed by atoms with Crippen molar-refractivity contribution in [2.75, 3.05) is 0 Å². The molecule has 1 aromatic heterocycles. The number of phenolic OH excluding ortho intramolecular Hbond substituents is 3. The van der Waals surface area contributed by atoms with Gasteiger partial charge in [-0.1, -0.05) is 0 Å². The molecule has 30 heavy (non-hydrogen) atoms. The van der Waals surface area contributed by atoms with E-state index < -0.39 is 58.4 Å². The fraction of sp³-hybridized carbons (Fsp3) is 0.0556. The normalized spacial score (nSPS) is 10.7. The Morgan fingerprint density at radius 1 is 0.867 bits per heavy atom. The van der Waals surface area contributed by atoms with Gasteiger partial charge in [0.1, 0.15) is 34.4 Å². The molecule has 0 amide bonds. The van der Waals surface area contributed by atoms with Crippen LogP contribution in [0.2, 0.25) is 0 Å². The van der Waals surface area contributed by atoms with E-state index in [1.165, 1.54) is 0 Å². The summed E-state index contributed by atoms with van der Waals surface area (Å²) in [4.78, 5) is 43.9. The number of aromatic carboxylic acids is 1. The summed E-state index contributed by atoms with van der Waals surface area (Å²) < 4.78 is 0. The molecule has 2 aromatic carbocycles. The van der Waals surface area contributed by atoms with Crippen molar-refractivity contribution in [3.05, 3.63) is 45.9 Å². The number of hydrogen-bond donors (Lipinski definition) is 7. The van der Waals surface area contributed by atoms with Crippen molar-refractivity contribution < 1.29 is 40.2 Å². The number of H-pyrrole nitrogens is 1. The summed E-state index contributed by atoms with van der Waals surface area (Å²) in [5.41, 5.74) is -2.47. The highest BCUT2D eigenvalue weighted by Crippen LogP contribution is 2.37. The second-order valence-corrected chi connectivity index (χ2v) is 6.09. The number of aromatic amines is 1. The fourth-order valence-corrected chi connectivity index (χ4v) is 2.74. The van der Waals surface area contributed by atoms with E-state index in [1.807, 2.05) is 0 Å². The zero-order chi connectivity index (χ0) is 22.2. The third-order valence-electron chi connectivity index (χ3n) is 3.99. The van der Waals surface area contributed by atoms with Gasteiger partial charge in [-0.2, -0.15) is 4.98 Å². The van der Waals surface area contributed by atoms with E-state index >= 15 is 0 Å². The summed E-state index contributed by atoms with van der Waals surface area (Å²) in [6, 6.07) is 3.74. The summed E-state index contributed by atoms with van der Waals surface area (Å²) in [7, 11) is 0. The molecule has 0 bridgehead atoms. The molecule has 0 unspecified atom stereocenters. The first-order valence-corrected chi connectivity index (χ1v) is 8.11. The maximum absolute atomic E-state index is 12.0. The van der Waals surface area contributed by atoms with Crippen molar-refractivity contribution in [2.45, 2.75) is 6.42 Å². The van der Waals surface area contributed by atoms with Crippen LogP contribution < -0.4 is 5.69 Å². The molecule has 1 heterocycles. The van der Waals surface area contributed by atoms with Crippen LogP contribution in [0, 0.1) is 0 Å². The summed E-state index contributed by atoms with van der Waals surface area (Å²) in [6.45, 7) is 0. The lowest BCUT2D eigenvalue weighted by molar-refractivity contribution is -0.136. The molecule has 0 aliphatic carbocycles. The Labute approximate surface area is 166 Å². The van der Waals surface area contributed by atoms with Crippen molar-refractivity contribution in [1.82, 2.24) is 15.0 Å². The van der Waals surface area contributed by atoms with Gasteiger partial charge in [-0.25, -0.2) is 14.6 Å². The Morgan fingerprint density at radius 2 is 1.50 bits per heavy atom. The topological polar surface area (TPSA) is 214 Å². The third kappa shape index (κ3) is 3.82. The first kappa shape index (κ1) is 20.1. The van der Waals surface area contributed by atoms with Gasteiger partial charge in [0.25, 0.3) is 0 Å². The number of benzene rings is 2. The summed E-state index contributed by atoms with van der Waals surface area (Å²) in [5.74, 6) is -6.06. The van der Waals surface area contributed by atoms with Gasteiger partial charge in [0.15, 0.2) is 5.82 Å². The second-order valence-electron chi connectivity index (χ2n) is 6.09. The van der Waals surface area contributed by atoms with Gasteiger partial charge < -0.3 is 30.6 Å². The molecular weight excluding hydrogens is 402 g/mol. The Kier molecular flexibility index (Phi) is 4.98. The molecule has 7 N–H and O–H groups in total. The van der Waals surface area contributed by atoms with Crippen LogP contribution in [0.3, 0.4) is 0 Å². The van der Waals surface area contributed by atoms with E-state index in [9.17, 15) is 34.8 Å². The Morgan fingerprint density at radius 3 is 2.13 bits per heavy atom. The van der Waals surface area contributed by atoms with E-state index in [2.05, 4.69) is 15.0 Å². The molecule has 0 aliphatic heterocycles. The number of aromatic nitrogens is 3. The van der Waals surface area contributed by atoms with Crippen LogP contribution in [0.5, 0.6) is 23.0 Å². The number of rotatable bonds is 5. The molecule has 3 rings (SSSR count). The first-order valence-electron chi connectivity index (χ1n) is 8.11. The van der Waals surface area contributed by atoms with Crippen LogP contribution in [-0.2, 0) is 11.2 Å². The lowest BCUT2D eigenvalue weighted by Gasteiger charge is -2.11. The highest BCUT2D eigenvalue weighted by molar-refractivity contribution is 5.94. The number of aliphatic carboxylic acids is 1.